The lowest BCUT2D eigenvalue weighted by atomic mass is 10.1. The lowest BCUT2D eigenvalue weighted by Gasteiger charge is -2.20. The molecule has 0 spiro atoms. The maximum atomic E-state index is 14.5. The van der Waals surface area contributed by atoms with Gasteiger partial charge < -0.3 is 16.0 Å². The highest BCUT2D eigenvalue weighted by molar-refractivity contribution is 6.30. The third-order valence-corrected chi connectivity index (χ3v) is 5.23. The average molecular weight is 486 g/mol. The molecule has 0 bridgehead atoms. The molecule has 0 aliphatic rings. The van der Waals surface area contributed by atoms with Crippen molar-refractivity contribution in [2.75, 3.05) is 11.9 Å². The molecule has 1 heterocycles. The zero-order chi connectivity index (χ0) is 24.8. The molecule has 8 nitrogen and oxygen atoms in total. The lowest BCUT2D eigenvalue weighted by molar-refractivity contribution is -0.114. The molecule has 3 amide bonds. The molecule has 3 aromatic rings. The summed E-state index contributed by atoms with van der Waals surface area (Å²) in [7, 11) is 0. The fourth-order valence-corrected chi connectivity index (χ4v) is 3.65. The third-order valence-electron chi connectivity index (χ3n) is 4.99. The number of carbonyl (C=O) groups excluding carboxylic acids is 3. The molecule has 0 aliphatic carbocycles. The number of rotatable bonds is 8. The van der Waals surface area contributed by atoms with Gasteiger partial charge in [-0.15, -0.1) is 0 Å². The van der Waals surface area contributed by atoms with Crippen LogP contribution < -0.4 is 16.0 Å². The van der Waals surface area contributed by atoms with E-state index in [0.29, 0.717) is 28.5 Å². The molecule has 3 rings (SSSR count). The Morgan fingerprint density at radius 3 is 2.53 bits per heavy atom. The monoisotopic (exact) mass is 485 g/mol. The highest BCUT2D eigenvalue weighted by Crippen LogP contribution is 2.19. The first-order valence-electron chi connectivity index (χ1n) is 10.6. The fraction of sp³-hybridized carbons (Fsp3) is 0.250. The van der Waals surface area contributed by atoms with Crippen molar-refractivity contribution in [2.45, 2.75) is 33.4 Å². The minimum absolute atomic E-state index is 0.0168. The average Bonchev–Trinajstić information content (AvgIpc) is 3.17. The van der Waals surface area contributed by atoms with Gasteiger partial charge in [0.2, 0.25) is 5.91 Å². The molecular weight excluding hydrogens is 461 g/mol. The number of benzene rings is 2. The molecule has 1 aromatic heterocycles. The maximum Gasteiger partial charge on any atom is 0.270 e. The van der Waals surface area contributed by atoms with Crippen LogP contribution in [0.2, 0.25) is 5.02 Å². The Labute approximate surface area is 201 Å². The van der Waals surface area contributed by atoms with Crippen molar-refractivity contribution in [3.05, 3.63) is 81.9 Å². The van der Waals surface area contributed by atoms with Crippen molar-refractivity contribution in [3.8, 4) is 0 Å². The first kappa shape index (κ1) is 24.9. The van der Waals surface area contributed by atoms with E-state index in [1.807, 2.05) is 6.92 Å². The van der Waals surface area contributed by atoms with Crippen LogP contribution in [0, 0.1) is 12.7 Å². The number of halogens is 2. The summed E-state index contributed by atoms with van der Waals surface area (Å²) in [6.45, 7) is 5.48. The molecule has 1 atom stereocenters. The molecule has 1 unspecified atom stereocenters. The van der Waals surface area contributed by atoms with Crippen LogP contribution in [0.25, 0.3) is 0 Å². The molecular formula is C24H25ClFN5O3. The fourth-order valence-electron chi connectivity index (χ4n) is 3.45. The molecule has 0 fully saturated rings. The number of amides is 3. The standard InChI is InChI=1S/C24H25ClFN5O3/c1-4-31-22(10-14(2)30-31)24(34)29-21(16-6-5-7-17(25)11-16)13-27-23(33)19-9-8-18(12-20(19)26)28-15(3)32/h5-12,21H,4,13H2,1-3H3,(H,27,33)(H,28,32)(H,29,34). The lowest BCUT2D eigenvalue weighted by Crippen LogP contribution is -2.38. The summed E-state index contributed by atoms with van der Waals surface area (Å²) >= 11 is 6.13. The molecule has 178 valence electrons. The van der Waals surface area contributed by atoms with E-state index in [9.17, 15) is 18.8 Å². The van der Waals surface area contributed by atoms with Crippen LogP contribution in [0.1, 0.15) is 52.0 Å². The zero-order valence-corrected chi connectivity index (χ0v) is 19.7. The third kappa shape index (κ3) is 6.20. The predicted octanol–water partition coefficient (Wildman–Crippen LogP) is 3.86. The summed E-state index contributed by atoms with van der Waals surface area (Å²) < 4.78 is 16.0. The summed E-state index contributed by atoms with van der Waals surface area (Å²) in [5.41, 5.74) is 1.82. The van der Waals surface area contributed by atoms with E-state index in [1.54, 1.807) is 41.9 Å². The van der Waals surface area contributed by atoms with Crippen LogP contribution in [0.5, 0.6) is 0 Å². The number of aryl methyl sites for hydroxylation is 2. The minimum Gasteiger partial charge on any atom is -0.350 e. The Kier molecular flexibility index (Phi) is 8.01. The number of nitrogens with one attached hydrogen (secondary N) is 3. The Balaban J connectivity index is 1.79. The van der Waals surface area contributed by atoms with Crippen LogP contribution in [-0.2, 0) is 11.3 Å². The maximum absolute atomic E-state index is 14.5. The SMILES string of the molecule is CCn1nc(C)cc1C(=O)NC(CNC(=O)c1ccc(NC(C)=O)cc1F)c1cccc(Cl)c1. The molecule has 3 N–H and O–H groups in total. The molecule has 0 saturated carbocycles. The highest BCUT2D eigenvalue weighted by Gasteiger charge is 2.21. The zero-order valence-electron chi connectivity index (χ0n) is 19.0. The molecule has 0 radical (unpaired) electrons. The predicted molar refractivity (Wildman–Crippen MR) is 127 cm³/mol. The van der Waals surface area contributed by atoms with Gasteiger partial charge in [0.05, 0.1) is 17.3 Å². The van der Waals surface area contributed by atoms with Gasteiger partial charge in [-0.3, -0.25) is 19.1 Å². The van der Waals surface area contributed by atoms with Crippen LogP contribution in [-0.4, -0.2) is 34.0 Å². The summed E-state index contributed by atoms with van der Waals surface area (Å²) in [6, 6.07) is 11.7. The summed E-state index contributed by atoms with van der Waals surface area (Å²) in [5.74, 6) is -2.17. The van der Waals surface area contributed by atoms with E-state index in [2.05, 4.69) is 21.0 Å². The van der Waals surface area contributed by atoms with Crippen molar-refractivity contribution < 1.29 is 18.8 Å². The van der Waals surface area contributed by atoms with E-state index in [0.717, 1.165) is 6.07 Å². The Morgan fingerprint density at radius 2 is 1.88 bits per heavy atom. The second-order valence-electron chi connectivity index (χ2n) is 7.65. The van der Waals surface area contributed by atoms with Gasteiger partial charge in [0.25, 0.3) is 11.8 Å². The van der Waals surface area contributed by atoms with Crippen molar-refractivity contribution in [1.29, 1.82) is 0 Å². The number of anilines is 1. The van der Waals surface area contributed by atoms with Gasteiger partial charge in [-0.05, 0) is 55.8 Å². The van der Waals surface area contributed by atoms with E-state index in [1.165, 1.54) is 19.1 Å². The summed E-state index contributed by atoms with van der Waals surface area (Å²) in [4.78, 5) is 36.8. The molecule has 0 aliphatic heterocycles. The van der Waals surface area contributed by atoms with Gasteiger partial charge in [0.1, 0.15) is 11.5 Å². The van der Waals surface area contributed by atoms with E-state index in [-0.39, 0.29) is 29.6 Å². The first-order chi connectivity index (χ1) is 16.2. The van der Waals surface area contributed by atoms with Crippen LogP contribution in [0.15, 0.2) is 48.5 Å². The molecule has 34 heavy (non-hydrogen) atoms. The van der Waals surface area contributed by atoms with Gasteiger partial charge in [-0.25, -0.2) is 4.39 Å². The van der Waals surface area contributed by atoms with Gasteiger partial charge >= 0.3 is 0 Å². The number of carbonyl (C=O) groups is 3. The van der Waals surface area contributed by atoms with Gasteiger partial charge in [-0.1, -0.05) is 23.7 Å². The number of aromatic nitrogens is 2. The van der Waals surface area contributed by atoms with Crippen molar-refractivity contribution >= 4 is 35.0 Å². The number of nitrogens with zero attached hydrogens (tertiary/aromatic N) is 2. The van der Waals surface area contributed by atoms with Gasteiger partial charge in [-0.2, -0.15) is 5.10 Å². The summed E-state index contributed by atoms with van der Waals surface area (Å²) in [6.07, 6.45) is 0. The summed E-state index contributed by atoms with van der Waals surface area (Å²) in [5, 5.41) is 12.8. The first-order valence-corrected chi connectivity index (χ1v) is 11.0. The normalized spacial score (nSPS) is 11.6. The van der Waals surface area contributed by atoms with Crippen molar-refractivity contribution in [2.24, 2.45) is 0 Å². The van der Waals surface area contributed by atoms with E-state index < -0.39 is 17.8 Å². The smallest absolute Gasteiger partial charge is 0.270 e. The van der Waals surface area contributed by atoms with Crippen molar-refractivity contribution in [3.63, 3.8) is 0 Å². The van der Waals surface area contributed by atoms with Gasteiger partial charge in [0.15, 0.2) is 0 Å². The van der Waals surface area contributed by atoms with E-state index >= 15 is 0 Å². The Hall–Kier alpha value is -3.72. The van der Waals surface area contributed by atoms with Gasteiger partial charge in [0, 0.05) is 30.7 Å². The number of hydrogen-bond acceptors (Lipinski definition) is 4. The van der Waals surface area contributed by atoms with E-state index in [4.69, 9.17) is 11.6 Å². The topological polar surface area (TPSA) is 105 Å². The Bertz CT molecular complexity index is 1230. The minimum atomic E-state index is -0.783. The molecule has 10 heteroatoms. The Morgan fingerprint density at radius 1 is 1.12 bits per heavy atom. The van der Waals surface area contributed by atoms with Crippen molar-refractivity contribution in [1.82, 2.24) is 20.4 Å². The quantitative estimate of drug-likeness (QED) is 0.450. The van der Waals surface area contributed by atoms with Crippen LogP contribution in [0.3, 0.4) is 0 Å². The molecule has 0 saturated heterocycles. The molecule has 2 aromatic carbocycles. The largest absolute Gasteiger partial charge is 0.350 e. The second kappa shape index (κ2) is 10.9. The second-order valence-corrected chi connectivity index (χ2v) is 8.09. The highest BCUT2D eigenvalue weighted by atomic mass is 35.5. The van der Waals surface area contributed by atoms with Crippen LogP contribution >= 0.6 is 11.6 Å². The van der Waals surface area contributed by atoms with Crippen LogP contribution in [0.4, 0.5) is 10.1 Å². The number of hydrogen-bond donors (Lipinski definition) is 3.